The van der Waals surface area contributed by atoms with Crippen molar-refractivity contribution < 1.29 is 5.11 Å². The third kappa shape index (κ3) is 3.07. The van der Waals surface area contributed by atoms with Crippen LogP contribution in [0.5, 0.6) is 0 Å². The van der Waals surface area contributed by atoms with Crippen LogP contribution in [0.3, 0.4) is 0 Å². The molecule has 0 aliphatic heterocycles. The van der Waals surface area contributed by atoms with Crippen molar-refractivity contribution in [3.63, 3.8) is 0 Å². The van der Waals surface area contributed by atoms with E-state index in [1.807, 2.05) is 6.92 Å². The smallest absolute Gasteiger partial charge is 0.283 e. The molecule has 8 heteroatoms. The molecule has 0 aromatic carbocycles. The second-order valence-corrected chi connectivity index (χ2v) is 5.00. The maximum Gasteiger partial charge on any atom is 0.283 e. The zero-order valence-electron chi connectivity index (χ0n) is 11.0. The van der Waals surface area contributed by atoms with Gasteiger partial charge in [0.1, 0.15) is 10.3 Å². The molecule has 0 bridgehead atoms. The molecule has 0 saturated carbocycles. The van der Waals surface area contributed by atoms with Gasteiger partial charge in [0.05, 0.1) is 31.1 Å². The van der Waals surface area contributed by atoms with Crippen LogP contribution in [0.4, 0.5) is 5.69 Å². The van der Waals surface area contributed by atoms with Crippen molar-refractivity contribution in [3.05, 3.63) is 39.2 Å². The van der Waals surface area contributed by atoms with E-state index in [-0.39, 0.29) is 24.8 Å². The Morgan fingerprint density at radius 1 is 1.60 bits per heavy atom. The van der Waals surface area contributed by atoms with Crippen molar-refractivity contribution in [2.24, 2.45) is 0 Å². The lowest BCUT2D eigenvalue weighted by atomic mass is 10.2. The minimum Gasteiger partial charge on any atom is -0.394 e. The van der Waals surface area contributed by atoms with Gasteiger partial charge in [0.2, 0.25) is 0 Å². The van der Waals surface area contributed by atoms with Gasteiger partial charge >= 0.3 is 0 Å². The van der Waals surface area contributed by atoms with Crippen molar-refractivity contribution in [2.45, 2.75) is 25.9 Å². The lowest BCUT2D eigenvalue weighted by Crippen LogP contribution is -2.26. The lowest BCUT2D eigenvalue weighted by molar-refractivity contribution is 0.266. The summed E-state index contributed by atoms with van der Waals surface area (Å²) in [5.74, 6) is 0.805. The van der Waals surface area contributed by atoms with Gasteiger partial charge < -0.3 is 15.4 Å². The monoisotopic (exact) mass is 341 g/mol. The van der Waals surface area contributed by atoms with Crippen LogP contribution < -0.4 is 10.9 Å². The average molecular weight is 342 g/mol. The summed E-state index contributed by atoms with van der Waals surface area (Å²) in [6.45, 7) is 2.07. The van der Waals surface area contributed by atoms with Gasteiger partial charge in [-0.15, -0.1) is 0 Å². The van der Waals surface area contributed by atoms with Crippen LogP contribution in [0, 0.1) is 0 Å². The summed E-state index contributed by atoms with van der Waals surface area (Å²) in [6, 6.07) is -0.0313. The zero-order chi connectivity index (χ0) is 14.5. The number of rotatable bonds is 6. The Kier molecular flexibility index (Phi) is 4.91. The molecule has 1 unspecified atom stereocenters. The number of aliphatic hydroxyl groups is 1. The van der Waals surface area contributed by atoms with Crippen molar-refractivity contribution in [3.8, 4) is 0 Å². The maximum absolute atomic E-state index is 12.0. The number of aromatic nitrogens is 4. The number of hydrogen-bond acceptors (Lipinski definition) is 5. The Morgan fingerprint density at radius 2 is 2.40 bits per heavy atom. The van der Waals surface area contributed by atoms with Gasteiger partial charge in [-0.1, -0.05) is 6.92 Å². The SMILES string of the molecule is CCC(Nc1cnn(CCO)c(=O)c1Br)c1ncc[nH]1. The molecule has 2 heterocycles. The number of H-pyrrole nitrogens is 1. The van der Waals surface area contributed by atoms with E-state index >= 15 is 0 Å². The third-order valence-electron chi connectivity index (χ3n) is 2.88. The molecule has 2 aromatic heterocycles. The molecule has 0 aliphatic carbocycles. The van der Waals surface area contributed by atoms with Gasteiger partial charge in [-0.2, -0.15) is 5.10 Å². The van der Waals surface area contributed by atoms with E-state index in [0.717, 1.165) is 12.2 Å². The van der Waals surface area contributed by atoms with Crippen LogP contribution in [0.2, 0.25) is 0 Å². The number of halogens is 1. The highest BCUT2D eigenvalue weighted by Gasteiger charge is 2.15. The quantitative estimate of drug-likeness (QED) is 0.735. The number of imidazole rings is 1. The molecular formula is C12H16BrN5O2. The molecule has 0 amide bonds. The Labute approximate surface area is 124 Å². The summed E-state index contributed by atoms with van der Waals surface area (Å²) >= 11 is 3.27. The molecule has 2 rings (SSSR count). The van der Waals surface area contributed by atoms with Gasteiger partial charge in [-0.05, 0) is 22.4 Å². The molecule has 7 nitrogen and oxygen atoms in total. The van der Waals surface area contributed by atoms with Crippen LogP contribution in [0.1, 0.15) is 25.2 Å². The average Bonchev–Trinajstić information content (AvgIpc) is 2.97. The summed E-state index contributed by atoms with van der Waals surface area (Å²) in [5.41, 5.74) is 0.325. The first-order chi connectivity index (χ1) is 9.67. The van der Waals surface area contributed by atoms with E-state index in [0.29, 0.717) is 10.2 Å². The van der Waals surface area contributed by atoms with Gasteiger partial charge in [0.25, 0.3) is 5.56 Å². The lowest BCUT2D eigenvalue weighted by Gasteiger charge is -2.17. The largest absolute Gasteiger partial charge is 0.394 e. The van der Waals surface area contributed by atoms with Crippen molar-refractivity contribution in [2.75, 3.05) is 11.9 Å². The number of aliphatic hydroxyl groups excluding tert-OH is 1. The number of aromatic amines is 1. The van der Waals surface area contributed by atoms with E-state index in [2.05, 4.69) is 36.3 Å². The van der Waals surface area contributed by atoms with Gasteiger partial charge in [0, 0.05) is 12.4 Å². The standard InChI is InChI=1S/C12H16BrN5O2/c1-2-8(11-14-3-4-15-11)17-9-7-16-18(5-6-19)12(20)10(9)13/h3-4,7-8,17,19H,2,5-6H2,1H3,(H,14,15). The Hall–Kier alpha value is -1.67. The third-order valence-corrected chi connectivity index (χ3v) is 3.65. The van der Waals surface area contributed by atoms with Crippen molar-refractivity contribution in [1.29, 1.82) is 0 Å². The second-order valence-electron chi connectivity index (χ2n) is 4.20. The fraction of sp³-hybridized carbons (Fsp3) is 0.417. The highest BCUT2D eigenvalue weighted by Crippen LogP contribution is 2.23. The van der Waals surface area contributed by atoms with E-state index in [9.17, 15) is 4.79 Å². The van der Waals surface area contributed by atoms with Crippen LogP contribution in [-0.2, 0) is 6.54 Å². The first-order valence-electron chi connectivity index (χ1n) is 6.29. The number of hydrogen-bond donors (Lipinski definition) is 3. The van der Waals surface area contributed by atoms with Crippen LogP contribution >= 0.6 is 15.9 Å². The van der Waals surface area contributed by atoms with Gasteiger partial charge in [0.15, 0.2) is 0 Å². The Bertz CT molecular complexity index is 611. The van der Waals surface area contributed by atoms with Gasteiger partial charge in [-0.25, -0.2) is 9.67 Å². The molecule has 0 radical (unpaired) electrons. The normalized spacial score (nSPS) is 12.3. The topological polar surface area (TPSA) is 95.8 Å². The van der Waals surface area contributed by atoms with Gasteiger partial charge in [-0.3, -0.25) is 4.79 Å². The summed E-state index contributed by atoms with van der Waals surface area (Å²) in [5, 5.41) is 16.1. The summed E-state index contributed by atoms with van der Waals surface area (Å²) in [7, 11) is 0. The predicted octanol–water partition coefficient (Wildman–Crippen LogP) is 1.28. The molecule has 3 N–H and O–H groups in total. The summed E-state index contributed by atoms with van der Waals surface area (Å²) in [4.78, 5) is 19.3. The fourth-order valence-corrected chi connectivity index (χ4v) is 2.26. The van der Waals surface area contributed by atoms with E-state index in [4.69, 9.17) is 5.11 Å². The molecule has 0 spiro atoms. The molecule has 0 aliphatic rings. The Balaban J connectivity index is 2.25. The number of anilines is 1. The molecule has 0 fully saturated rings. The van der Waals surface area contributed by atoms with E-state index < -0.39 is 0 Å². The first-order valence-corrected chi connectivity index (χ1v) is 7.09. The zero-order valence-corrected chi connectivity index (χ0v) is 12.6. The number of nitrogens with zero attached hydrogens (tertiary/aromatic N) is 3. The van der Waals surface area contributed by atoms with Crippen molar-refractivity contribution in [1.82, 2.24) is 19.7 Å². The van der Waals surface area contributed by atoms with Crippen LogP contribution in [0.25, 0.3) is 0 Å². The van der Waals surface area contributed by atoms with Crippen LogP contribution in [0.15, 0.2) is 27.9 Å². The molecular weight excluding hydrogens is 326 g/mol. The molecule has 2 aromatic rings. The second kappa shape index (κ2) is 6.67. The fourth-order valence-electron chi connectivity index (χ4n) is 1.84. The molecule has 0 saturated heterocycles. The Morgan fingerprint density at radius 3 is 3.00 bits per heavy atom. The van der Waals surface area contributed by atoms with Crippen molar-refractivity contribution >= 4 is 21.6 Å². The number of nitrogens with one attached hydrogen (secondary N) is 2. The van der Waals surface area contributed by atoms with Crippen LogP contribution in [-0.4, -0.2) is 31.5 Å². The first kappa shape index (κ1) is 14.7. The minimum absolute atomic E-state index is 0.0313. The molecule has 108 valence electrons. The van der Waals surface area contributed by atoms with E-state index in [1.54, 1.807) is 18.6 Å². The van der Waals surface area contributed by atoms with E-state index in [1.165, 1.54) is 4.68 Å². The highest BCUT2D eigenvalue weighted by molar-refractivity contribution is 9.10. The molecule has 20 heavy (non-hydrogen) atoms. The highest BCUT2D eigenvalue weighted by atomic mass is 79.9. The summed E-state index contributed by atoms with van der Waals surface area (Å²) < 4.78 is 1.61. The molecule has 1 atom stereocenters. The summed E-state index contributed by atoms with van der Waals surface area (Å²) in [6.07, 6.45) is 5.81. The minimum atomic E-state index is -0.279. The predicted molar refractivity (Wildman–Crippen MR) is 78.5 cm³/mol. The maximum atomic E-state index is 12.0.